The number of amides is 1. The van der Waals surface area contributed by atoms with E-state index in [4.69, 9.17) is 0 Å². The summed E-state index contributed by atoms with van der Waals surface area (Å²) in [6, 6.07) is 4.94. The number of piperidine rings is 1. The first-order valence-electron chi connectivity index (χ1n) is 8.68. The number of nitrogens with one attached hydrogen (secondary N) is 3. The Balaban J connectivity index is 1.63. The minimum absolute atomic E-state index is 0.0106. The molecule has 0 saturated carbocycles. The van der Waals surface area contributed by atoms with E-state index in [0.29, 0.717) is 25.3 Å². The fraction of sp³-hybridized carbons (Fsp3) is 0.588. The summed E-state index contributed by atoms with van der Waals surface area (Å²) in [5, 5.41) is 6.17. The van der Waals surface area contributed by atoms with Crippen LogP contribution in [0.5, 0.6) is 0 Å². The van der Waals surface area contributed by atoms with Crippen molar-refractivity contribution in [1.82, 2.24) is 10.0 Å². The first-order chi connectivity index (χ1) is 11.5. The van der Waals surface area contributed by atoms with E-state index in [2.05, 4.69) is 15.4 Å². The predicted octanol–water partition coefficient (Wildman–Crippen LogP) is 1.63. The smallest absolute Gasteiger partial charge is 0.240 e. The molecule has 3 rings (SSSR count). The van der Waals surface area contributed by atoms with Crippen molar-refractivity contribution >= 4 is 21.6 Å². The van der Waals surface area contributed by atoms with Gasteiger partial charge >= 0.3 is 0 Å². The summed E-state index contributed by atoms with van der Waals surface area (Å²) in [7, 11) is -3.50. The van der Waals surface area contributed by atoms with Crippen LogP contribution in [-0.4, -0.2) is 34.0 Å². The number of aryl methyl sites for hydroxylation is 1. The molecule has 1 saturated heterocycles. The van der Waals surface area contributed by atoms with Crippen molar-refractivity contribution in [1.29, 1.82) is 0 Å². The molecule has 0 aliphatic carbocycles. The topological polar surface area (TPSA) is 87.3 Å². The van der Waals surface area contributed by atoms with Gasteiger partial charge in [-0.2, -0.15) is 0 Å². The number of sulfonamides is 1. The number of benzene rings is 1. The predicted molar refractivity (Wildman–Crippen MR) is 93.4 cm³/mol. The standard InChI is InChI=1S/C17H25N3O3S/c21-17-5-1-4-14-11-15(6-7-16(14)20-17)24(22,23)19-10-8-13-3-2-9-18-12-13/h6-7,11,13,18-19H,1-5,8-10,12H2,(H,20,21). The molecule has 0 aromatic heterocycles. The van der Waals surface area contributed by atoms with Crippen molar-refractivity contribution in [2.75, 3.05) is 25.0 Å². The number of rotatable bonds is 5. The van der Waals surface area contributed by atoms with E-state index in [1.807, 2.05) is 0 Å². The van der Waals surface area contributed by atoms with Crippen molar-refractivity contribution in [3.05, 3.63) is 23.8 Å². The molecule has 1 fully saturated rings. The molecule has 2 aliphatic heterocycles. The zero-order valence-electron chi connectivity index (χ0n) is 13.8. The third-order valence-electron chi connectivity index (χ3n) is 4.75. The lowest BCUT2D eigenvalue weighted by atomic mass is 9.96. The van der Waals surface area contributed by atoms with Gasteiger partial charge < -0.3 is 10.6 Å². The molecule has 1 amide bonds. The minimum atomic E-state index is -3.50. The van der Waals surface area contributed by atoms with E-state index in [1.165, 1.54) is 0 Å². The summed E-state index contributed by atoms with van der Waals surface area (Å²) in [4.78, 5) is 11.8. The van der Waals surface area contributed by atoms with Crippen molar-refractivity contribution in [3.8, 4) is 0 Å². The molecule has 0 radical (unpaired) electrons. The average Bonchev–Trinajstić information content (AvgIpc) is 2.75. The van der Waals surface area contributed by atoms with Crippen LogP contribution in [0.3, 0.4) is 0 Å². The maximum atomic E-state index is 12.5. The summed E-state index contributed by atoms with van der Waals surface area (Å²) in [6.45, 7) is 2.50. The monoisotopic (exact) mass is 351 g/mol. The average molecular weight is 351 g/mol. The third kappa shape index (κ3) is 4.34. The highest BCUT2D eigenvalue weighted by atomic mass is 32.2. The van der Waals surface area contributed by atoms with E-state index in [9.17, 15) is 13.2 Å². The molecule has 3 N–H and O–H groups in total. The van der Waals surface area contributed by atoms with Crippen LogP contribution >= 0.6 is 0 Å². The molecule has 6 nitrogen and oxygen atoms in total. The van der Waals surface area contributed by atoms with Crippen LogP contribution < -0.4 is 15.4 Å². The number of anilines is 1. The fourth-order valence-electron chi connectivity index (χ4n) is 3.37. The molecule has 1 atom stereocenters. The lowest BCUT2D eigenvalue weighted by molar-refractivity contribution is -0.116. The summed E-state index contributed by atoms with van der Waals surface area (Å²) in [5.41, 5.74) is 1.62. The molecule has 2 heterocycles. The Bertz CT molecular complexity index is 697. The number of hydrogen-bond donors (Lipinski definition) is 3. The second-order valence-corrected chi connectivity index (χ2v) is 8.39. The van der Waals surface area contributed by atoms with Gasteiger partial charge in [0.1, 0.15) is 0 Å². The largest absolute Gasteiger partial charge is 0.326 e. The summed E-state index contributed by atoms with van der Waals surface area (Å²) in [6.07, 6.45) is 5.11. The van der Waals surface area contributed by atoms with E-state index in [-0.39, 0.29) is 10.8 Å². The van der Waals surface area contributed by atoms with Gasteiger partial charge in [0.25, 0.3) is 0 Å². The lowest BCUT2D eigenvalue weighted by Gasteiger charge is -2.22. The van der Waals surface area contributed by atoms with E-state index >= 15 is 0 Å². The Hall–Kier alpha value is -1.44. The number of carbonyl (C=O) groups is 1. The zero-order chi connectivity index (χ0) is 17.0. The Labute approximate surface area is 143 Å². The van der Waals surface area contributed by atoms with Gasteiger partial charge in [-0.05, 0) is 74.9 Å². The van der Waals surface area contributed by atoms with Gasteiger partial charge in [-0.15, -0.1) is 0 Å². The number of hydrogen-bond acceptors (Lipinski definition) is 4. The van der Waals surface area contributed by atoms with Crippen molar-refractivity contribution in [3.63, 3.8) is 0 Å². The normalized spacial score (nSPS) is 21.7. The Morgan fingerprint density at radius 2 is 2.08 bits per heavy atom. The molecule has 1 aromatic rings. The molecule has 1 aromatic carbocycles. The molecule has 0 spiro atoms. The van der Waals surface area contributed by atoms with Crippen LogP contribution in [0.1, 0.15) is 37.7 Å². The van der Waals surface area contributed by atoms with Crippen LogP contribution in [0.2, 0.25) is 0 Å². The molecule has 7 heteroatoms. The zero-order valence-corrected chi connectivity index (χ0v) is 14.6. The van der Waals surface area contributed by atoms with Crippen LogP contribution in [0, 0.1) is 5.92 Å². The van der Waals surface area contributed by atoms with Gasteiger partial charge in [-0.25, -0.2) is 13.1 Å². The molecular weight excluding hydrogens is 326 g/mol. The van der Waals surface area contributed by atoms with Gasteiger partial charge in [-0.1, -0.05) is 0 Å². The maximum Gasteiger partial charge on any atom is 0.240 e. The quantitative estimate of drug-likeness (QED) is 0.752. The highest BCUT2D eigenvalue weighted by molar-refractivity contribution is 7.89. The Kier molecular flexibility index (Phi) is 5.53. The first-order valence-corrected chi connectivity index (χ1v) is 10.2. The van der Waals surface area contributed by atoms with Gasteiger partial charge in [0.2, 0.25) is 15.9 Å². The first kappa shape index (κ1) is 17.4. The number of fused-ring (bicyclic) bond motifs is 1. The van der Waals surface area contributed by atoms with E-state index < -0.39 is 10.0 Å². The van der Waals surface area contributed by atoms with Crippen LogP contribution in [-0.2, 0) is 21.2 Å². The van der Waals surface area contributed by atoms with Crippen molar-refractivity contribution in [2.24, 2.45) is 5.92 Å². The molecule has 1 unspecified atom stereocenters. The second kappa shape index (κ2) is 7.63. The Morgan fingerprint density at radius 3 is 2.88 bits per heavy atom. The van der Waals surface area contributed by atoms with Gasteiger partial charge in [0, 0.05) is 18.7 Å². The lowest BCUT2D eigenvalue weighted by Crippen LogP contribution is -2.33. The third-order valence-corrected chi connectivity index (χ3v) is 6.21. The molecular formula is C17H25N3O3S. The molecule has 132 valence electrons. The molecule has 2 aliphatic rings. The van der Waals surface area contributed by atoms with Gasteiger partial charge in [0.15, 0.2) is 0 Å². The highest BCUT2D eigenvalue weighted by Crippen LogP contribution is 2.25. The molecule has 24 heavy (non-hydrogen) atoms. The van der Waals surface area contributed by atoms with Crippen molar-refractivity contribution in [2.45, 2.75) is 43.4 Å². The van der Waals surface area contributed by atoms with Gasteiger partial charge in [0.05, 0.1) is 4.90 Å². The minimum Gasteiger partial charge on any atom is -0.326 e. The van der Waals surface area contributed by atoms with Crippen LogP contribution in [0.15, 0.2) is 23.1 Å². The summed E-state index contributed by atoms with van der Waals surface area (Å²) >= 11 is 0. The Morgan fingerprint density at radius 1 is 1.21 bits per heavy atom. The SMILES string of the molecule is O=C1CCCc2cc(S(=O)(=O)NCCC3CCCNC3)ccc2N1. The van der Waals surface area contributed by atoms with Gasteiger partial charge in [-0.3, -0.25) is 4.79 Å². The van der Waals surface area contributed by atoms with Crippen LogP contribution in [0.25, 0.3) is 0 Å². The highest BCUT2D eigenvalue weighted by Gasteiger charge is 2.19. The maximum absolute atomic E-state index is 12.5. The summed E-state index contributed by atoms with van der Waals surface area (Å²) in [5.74, 6) is 0.535. The van der Waals surface area contributed by atoms with Crippen molar-refractivity contribution < 1.29 is 13.2 Å². The van der Waals surface area contributed by atoms with E-state index in [0.717, 1.165) is 50.0 Å². The van der Waals surface area contributed by atoms with Crippen LogP contribution in [0.4, 0.5) is 5.69 Å². The second-order valence-electron chi connectivity index (χ2n) is 6.62. The number of carbonyl (C=O) groups excluding carboxylic acids is 1. The fourth-order valence-corrected chi connectivity index (χ4v) is 4.47. The summed E-state index contributed by atoms with van der Waals surface area (Å²) < 4.78 is 27.7. The molecule has 0 bridgehead atoms. The van der Waals surface area contributed by atoms with E-state index in [1.54, 1.807) is 18.2 Å².